The molecule has 56 heavy (non-hydrogen) atoms. The van der Waals surface area contributed by atoms with Crippen molar-refractivity contribution in [1.82, 2.24) is 0 Å². The first-order valence-electron chi connectivity index (χ1n) is 20.7. The smallest absolute Gasteiger partial charge is 0.199 e. The van der Waals surface area contributed by atoms with Gasteiger partial charge in [0, 0.05) is 5.41 Å². The number of hydrogen-bond acceptors (Lipinski definition) is 8. The van der Waals surface area contributed by atoms with Crippen molar-refractivity contribution in [2.75, 3.05) is 39.6 Å². The van der Waals surface area contributed by atoms with Crippen LogP contribution in [0, 0.1) is 5.41 Å². The van der Waals surface area contributed by atoms with Crippen molar-refractivity contribution in [3.05, 3.63) is 119 Å². The third-order valence-electron chi connectivity index (χ3n) is 11.7. The molecule has 296 valence electrons. The Morgan fingerprint density at radius 2 is 0.768 bits per heavy atom. The van der Waals surface area contributed by atoms with Gasteiger partial charge in [-0.3, -0.25) is 0 Å². The molecule has 7 aliphatic rings. The molecule has 7 heterocycles. The van der Waals surface area contributed by atoms with Crippen LogP contribution in [0.15, 0.2) is 107 Å². The number of aliphatic imine (C=N–C) groups is 2. The number of ether oxygens (including phenoxy) is 6. The molecule has 7 aliphatic heterocycles. The lowest BCUT2D eigenvalue weighted by atomic mass is 9.78. The maximum Gasteiger partial charge on any atom is 0.199 e. The van der Waals surface area contributed by atoms with Crippen molar-refractivity contribution in [3.8, 4) is 23.0 Å². The van der Waals surface area contributed by atoms with Gasteiger partial charge in [0.1, 0.15) is 53.7 Å². The lowest BCUT2D eigenvalue weighted by molar-refractivity contribution is 0.245. The standard InChI is InChI=1S/C48H58N2O6/c1-5-48(6-2)45-49-43(33-55-45)35-13-21-39(22-14-35)51-29-9-7-11-31-53-41-25-17-37(18-26-41)47(3,4)38-19-27-42(28-20-38)54-32-12-8-10-30-52-40-23-15-36(16-24-40)44-34-56-46(48)50-44/h13-28,43-44H,5-12,29-34H2,1-4H3/t43-,44-/m0/s1. The van der Waals surface area contributed by atoms with Crippen LogP contribution in [0.4, 0.5) is 0 Å². The topological polar surface area (TPSA) is 80.1 Å². The molecule has 2 atom stereocenters. The summed E-state index contributed by atoms with van der Waals surface area (Å²) in [6.07, 6.45) is 7.53. The fourth-order valence-corrected chi connectivity index (χ4v) is 7.76. The van der Waals surface area contributed by atoms with E-state index < -0.39 is 5.41 Å². The maximum atomic E-state index is 6.34. The van der Waals surface area contributed by atoms with Crippen molar-refractivity contribution < 1.29 is 28.4 Å². The van der Waals surface area contributed by atoms with Crippen LogP contribution in [0.5, 0.6) is 23.0 Å². The predicted octanol–water partition coefficient (Wildman–Crippen LogP) is 11.0. The van der Waals surface area contributed by atoms with Gasteiger partial charge in [-0.2, -0.15) is 0 Å². The molecule has 0 radical (unpaired) electrons. The summed E-state index contributed by atoms with van der Waals surface area (Å²) in [5.41, 5.74) is 4.07. The largest absolute Gasteiger partial charge is 0.494 e. The molecular formula is C48H58N2O6. The highest BCUT2D eigenvalue weighted by molar-refractivity contribution is 6.06. The monoisotopic (exact) mass is 758 g/mol. The first kappa shape index (κ1) is 39.3. The minimum absolute atomic E-state index is 0.0777. The Labute approximate surface area is 333 Å². The predicted molar refractivity (Wildman–Crippen MR) is 223 cm³/mol. The molecule has 0 amide bonds. The molecule has 0 unspecified atom stereocenters. The number of benzene rings is 4. The van der Waals surface area contributed by atoms with Gasteiger partial charge in [-0.1, -0.05) is 76.2 Å². The minimum atomic E-state index is -0.494. The van der Waals surface area contributed by atoms with Crippen LogP contribution in [0.25, 0.3) is 0 Å². The lowest BCUT2D eigenvalue weighted by Gasteiger charge is -2.29. The summed E-state index contributed by atoms with van der Waals surface area (Å²) < 4.78 is 37.0. The fraction of sp³-hybridized carbons (Fsp3) is 0.458. The van der Waals surface area contributed by atoms with E-state index in [2.05, 4.69) is 100 Å². The molecule has 8 heteroatoms. The third kappa shape index (κ3) is 9.17. The Morgan fingerprint density at radius 3 is 1.09 bits per heavy atom. The van der Waals surface area contributed by atoms with Crippen molar-refractivity contribution in [1.29, 1.82) is 0 Å². The summed E-state index contributed by atoms with van der Waals surface area (Å²) in [4.78, 5) is 10.2. The number of fused-ring (bicyclic) bond motifs is 4. The van der Waals surface area contributed by atoms with Gasteiger partial charge in [-0.15, -0.1) is 0 Å². The normalized spacial score (nSPS) is 21.5. The quantitative estimate of drug-likeness (QED) is 0.202. The maximum absolute atomic E-state index is 6.34. The molecule has 4 aromatic carbocycles. The van der Waals surface area contributed by atoms with Crippen molar-refractivity contribution in [2.45, 2.75) is 96.6 Å². The van der Waals surface area contributed by atoms with Crippen LogP contribution in [-0.4, -0.2) is 51.4 Å². The third-order valence-corrected chi connectivity index (χ3v) is 11.7. The zero-order valence-corrected chi connectivity index (χ0v) is 33.6. The molecule has 4 aromatic rings. The zero-order valence-electron chi connectivity index (χ0n) is 33.6. The van der Waals surface area contributed by atoms with Crippen LogP contribution in [0.1, 0.15) is 113 Å². The van der Waals surface area contributed by atoms with Crippen LogP contribution in [0.2, 0.25) is 0 Å². The van der Waals surface area contributed by atoms with Gasteiger partial charge in [0.2, 0.25) is 0 Å². The van der Waals surface area contributed by atoms with Crippen LogP contribution in [0.3, 0.4) is 0 Å². The molecule has 0 fully saturated rings. The average Bonchev–Trinajstić information content (AvgIpc) is 3.94. The summed E-state index contributed by atoms with van der Waals surface area (Å²) in [6.45, 7) is 12.6. The average molecular weight is 759 g/mol. The number of rotatable bonds is 2. The van der Waals surface area contributed by atoms with Crippen molar-refractivity contribution >= 4 is 11.8 Å². The Morgan fingerprint density at radius 1 is 0.446 bits per heavy atom. The Bertz CT molecular complexity index is 1760. The van der Waals surface area contributed by atoms with Crippen LogP contribution in [-0.2, 0) is 14.9 Å². The first-order chi connectivity index (χ1) is 27.4. The molecule has 0 aliphatic carbocycles. The lowest BCUT2D eigenvalue weighted by Crippen LogP contribution is -2.39. The second-order valence-corrected chi connectivity index (χ2v) is 15.6. The van der Waals surface area contributed by atoms with E-state index in [1.54, 1.807) is 0 Å². The Kier molecular flexibility index (Phi) is 12.8. The van der Waals surface area contributed by atoms with Crippen molar-refractivity contribution in [2.24, 2.45) is 15.4 Å². The molecule has 8 nitrogen and oxygen atoms in total. The van der Waals surface area contributed by atoms with Gasteiger partial charge in [0.15, 0.2) is 11.8 Å². The van der Waals surface area contributed by atoms with E-state index in [-0.39, 0.29) is 17.5 Å². The summed E-state index contributed by atoms with van der Waals surface area (Å²) in [6, 6.07) is 33.4. The first-order valence-corrected chi connectivity index (χ1v) is 20.7. The summed E-state index contributed by atoms with van der Waals surface area (Å²) >= 11 is 0. The van der Waals surface area contributed by atoms with Crippen LogP contribution >= 0.6 is 0 Å². The van der Waals surface area contributed by atoms with E-state index in [1.165, 1.54) is 11.1 Å². The second-order valence-electron chi connectivity index (χ2n) is 15.6. The molecular weight excluding hydrogens is 701 g/mol. The van der Waals surface area contributed by atoms with E-state index >= 15 is 0 Å². The molecule has 12 bridgehead atoms. The Hall–Kier alpha value is -4.98. The van der Waals surface area contributed by atoms with Gasteiger partial charge in [-0.05, 0) is 122 Å². The summed E-state index contributed by atoms with van der Waals surface area (Å²) in [5.74, 6) is 4.98. The highest BCUT2D eigenvalue weighted by atomic mass is 16.5. The van der Waals surface area contributed by atoms with E-state index in [0.29, 0.717) is 39.6 Å². The van der Waals surface area contributed by atoms with E-state index in [0.717, 1.165) is 97.3 Å². The van der Waals surface area contributed by atoms with Gasteiger partial charge in [0.05, 0.1) is 26.4 Å². The van der Waals surface area contributed by atoms with Crippen molar-refractivity contribution in [3.63, 3.8) is 0 Å². The van der Waals surface area contributed by atoms with Crippen LogP contribution < -0.4 is 18.9 Å². The molecule has 0 N–H and O–H groups in total. The van der Waals surface area contributed by atoms with E-state index in [1.807, 2.05) is 24.3 Å². The van der Waals surface area contributed by atoms with Gasteiger partial charge >= 0.3 is 0 Å². The summed E-state index contributed by atoms with van der Waals surface area (Å²) in [7, 11) is 0. The van der Waals surface area contributed by atoms with Gasteiger partial charge < -0.3 is 28.4 Å². The molecule has 0 saturated heterocycles. The van der Waals surface area contributed by atoms with E-state index in [9.17, 15) is 0 Å². The van der Waals surface area contributed by atoms with Gasteiger partial charge in [-0.25, -0.2) is 9.98 Å². The van der Waals surface area contributed by atoms with Gasteiger partial charge in [0.25, 0.3) is 0 Å². The Balaban J connectivity index is 1.01. The molecule has 0 aromatic heterocycles. The molecule has 0 spiro atoms. The highest BCUT2D eigenvalue weighted by Gasteiger charge is 2.46. The SMILES string of the molecule is CCC1(CC)C2=N[C@@H](CO2)c2ccc(cc2)OCCCCCOc2ccc(cc2)C(C)(C)c2ccc(cc2)OCCCCCOc2ccc(cc2)[C@@H]2COC1=N2. The minimum Gasteiger partial charge on any atom is -0.494 e. The number of nitrogens with zero attached hydrogens (tertiary/aromatic N) is 2. The second kappa shape index (κ2) is 18.3. The highest BCUT2D eigenvalue weighted by Crippen LogP contribution is 2.41. The fourth-order valence-electron chi connectivity index (χ4n) is 7.76. The number of hydrogen-bond donors (Lipinski definition) is 0. The zero-order chi connectivity index (χ0) is 38.8. The summed E-state index contributed by atoms with van der Waals surface area (Å²) in [5, 5.41) is 0. The molecule has 0 saturated carbocycles. The molecule has 11 rings (SSSR count). The van der Waals surface area contributed by atoms with E-state index in [4.69, 9.17) is 38.4 Å².